The van der Waals surface area contributed by atoms with Crippen LogP contribution in [0.3, 0.4) is 0 Å². The summed E-state index contributed by atoms with van der Waals surface area (Å²) in [5.41, 5.74) is 5.68. The van der Waals surface area contributed by atoms with Gasteiger partial charge in [0.1, 0.15) is 11.5 Å². The van der Waals surface area contributed by atoms with Crippen LogP contribution in [0.5, 0.6) is 0 Å². The quantitative estimate of drug-likeness (QED) is 0.216. The number of carbonyl (C=O) groups is 2. The number of carbonyl (C=O) groups excluding carboxylic acids is 2. The Morgan fingerprint density at radius 3 is 2.72 bits per heavy atom. The average molecular weight is 518 g/mol. The highest BCUT2D eigenvalue weighted by molar-refractivity contribution is 7.13. The Balaban J connectivity index is 1.71. The number of aromatic nitrogens is 1. The smallest absolute Gasteiger partial charge is 0.350 e. The van der Waals surface area contributed by atoms with Crippen molar-refractivity contribution in [2.75, 3.05) is 24.8 Å². The predicted molar refractivity (Wildman–Crippen MR) is 141 cm³/mol. The molecule has 1 aromatic carbocycles. The second kappa shape index (κ2) is 12.8. The largest absolute Gasteiger partial charge is 0.459 e. The first kappa shape index (κ1) is 28.2. The molecule has 1 amide bonds. The van der Waals surface area contributed by atoms with Crippen molar-refractivity contribution in [2.24, 2.45) is 5.41 Å². The van der Waals surface area contributed by atoms with E-state index in [1.165, 1.54) is 17.5 Å². The SMILES string of the molecule is CCC1CCC(O)c2ccc(N(NCCCc3ncc(C(=O)OCCO)s3)C(=O)C(C)(C)CC)cc21. The molecule has 1 aromatic heterocycles. The molecule has 0 fully saturated rings. The first-order valence-electron chi connectivity index (χ1n) is 12.8. The molecule has 2 unspecified atom stereocenters. The Bertz CT molecular complexity index is 1040. The fraction of sp³-hybridized carbons (Fsp3) is 0.593. The van der Waals surface area contributed by atoms with Crippen LogP contribution in [0.1, 0.15) is 97.6 Å². The van der Waals surface area contributed by atoms with Crippen LogP contribution in [-0.4, -0.2) is 46.8 Å². The lowest BCUT2D eigenvalue weighted by Crippen LogP contribution is -2.49. The lowest BCUT2D eigenvalue weighted by molar-refractivity contribution is -0.127. The lowest BCUT2D eigenvalue weighted by atomic mass is 9.79. The number of amides is 1. The number of aliphatic hydroxyl groups excluding tert-OH is 2. The van der Waals surface area contributed by atoms with E-state index in [4.69, 9.17) is 9.84 Å². The number of rotatable bonds is 12. The van der Waals surface area contributed by atoms with Gasteiger partial charge in [-0.3, -0.25) is 4.79 Å². The van der Waals surface area contributed by atoms with E-state index < -0.39 is 17.5 Å². The highest BCUT2D eigenvalue weighted by Gasteiger charge is 2.33. The zero-order chi connectivity index (χ0) is 26.3. The Morgan fingerprint density at radius 2 is 2.03 bits per heavy atom. The van der Waals surface area contributed by atoms with Gasteiger partial charge in [0, 0.05) is 18.4 Å². The molecule has 0 spiro atoms. The van der Waals surface area contributed by atoms with E-state index in [-0.39, 0.29) is 19.1 Å². The summed E-state index contributed by atoms with van der Waals surface area (Å²) >= 11 is 1.28. The van der Waals surface area contributed by atoms with Gasteiger partial charge in [-0.05, 0) is 61.3 Å². The fourth-order valence-corrected chi connectivity index (χ4v) is 5.20. The summed E-state index contributed by atoms with van der Waals surface area (Å²) in [4.78, 5) is 30.2. The second-order valence-corrected chi connectivity index (χ2v) is 11.0. The van der Waals surface area contributed by atoms with Gasteiger partial charge < -0.3 is 14.9 Å². The molecular formula is C27H39N3O5S. The molecule has 2 aromatic rings. The van der Waals surface area contributed by atoms with E-state index in [0.717, 1.165) is 47.5 Å². The molecule has 198 valence electrons. The van der Waals surface area contributed by atoms with Crippen molar-refractivity contribution in [3.63, 3.8) is 0 Å². The number of hydrazine groups is 1. The van der Waals surface area contributed by atoms with Crippen molar-refractivity contribution >= 4 is 28.9 Å². The Kier molecular flexibility index (Phi) is 10.0. The van der Waals surface area contributed by atoms with Crippen molar-refractivity contribution in [3.05, 3.63) is 45.4 Å². The zero-order valence-corrected chi connectivity index (χ0v) is 22.6. The van der Waals surface area contributed by atoms with Gasteiger partial charge in [-0.2, -0.15) is 0 Å². The monoisotopic (exact) mass is 517 g/mol. The van der Waals surface area contributed by atoms with Gasteiger partial charge in [0.2, 0.25) is 5.91 Å². The number of anilines is 1. The Hall–Kier alpha value is -2.33. The number of benzene rings is 1. The number of esters is 1. The van der Waals surface area contributed by atoms with Crippen molar-refractivity contribution in [1.82, 2.24) is 10.4 Å². The minimum absolute atomic E-state index is 0.00230. The maximum Gasteiger partial charge on any atom is 0.350 e. The second-order valence-electron chi connectivity index (χ2n) is 9.88. The van der Waals surface area contributed by atoms with Crippen LogP contribution in [0.2, 0.25) is 0 Å². The highest BCUT2D eigenvalue weighted by atomic mass is 32.1. The van der Waals surface area contributed by atoms with Crippen molar-refractivity contribution < 1.29 is 24.5 Å². The third kappa shape index (κ3) is 6.70. The number of aliphatic hydroxyl groups is 2. The van der Waals surface area contributed by atoms with E-state index >= 15 is 0 Å². The molecule has 0 saturated heterocycles. The van der Waals surface area contributed by atoms with Crippen LogP contribution in [0, 0.1) is 5.41 Å². The van der Waals surface area contributed by atoms with Gasteiger partial charge in [-0.25, -0.2) is 20.2 Å². The van der Waals surface area contributed by atoms with E-state index in [1.807, 2.05) is 32.9 Å². The minimum atomic E-state index is -0.536. The lowest BCUT2D eigenvalue weighted by Gasteiger charge is -2.34. The fourth-order valence-electron chi connectivity index (χ4n) is 4.35. The molecule has 9 heteroatoms. The first-order valence-corrected chi connectivity index (χ1v) is 13.7. The summed E-state index contributed by atoms with van der Waals surface area (Å²) in [6, 6.07) is 5.94. The van der Waals surface area contributed by atoms with E-state index in [9.17, 15) is 14.7 Å². The van der Waals surface area contributed by atoms with Crippen LogP contribution in [-0.2, 0) is 16.0 Å². The normalized spacial score (nSPS) is 17.5. The summed E-state index contributed by atoms with van der Waals surface area (Å²) in [6.45, 7) is 8.38. The van der Waals surface area contributed by atoms with Crippen LogP contribution in [0.25, 0.3) is 0 Å². The zero-order valence-electron chi connectivity index (χ0n) is 21.7. The Morgan fingerprint density at radius 1 is 1.25 bits per heavy atom. The summed E-state index contributed by atoms with van der Waals surface area (Å²) < 4.78 is 4.94. The summed E-state index contributed by atoms with van der Waals surface area (Å²) in [7, 11) is 0. The van der Waals surface area contributed by atoms with Crippen LogP contribution >= 0.6 is 11.3 Å². The van der Waals surface area contributed by atoms with Gasteiger partial charge in [-0.1, -0.05) is 33.8 Å². The molecule has 3 rings (SSSR count). The van der Waals surface area contributed by atoms with Crippen molar-refractivity contribution in [2.45, 2.75) is 78.2 Å². The van der Waals surface area contributed by atoms with Crippen molar-refractivity contribution in [1.29, 1.82) is 0 Å². The summed E-state index contributed by atoms with van der Waals surface area (Å²) in [6.07, 6.45) is 5.83. The summed E-state index contributed by atoms with van der Waals surface area (Å²) in [5.74, 6) is -0.104. The highest BCUT2D eigenvalue weighted by Crippen LogP contribution is 2.41. The molecule has 3 N–H and O–H groups in total. The number of ether oxygens (including phenoxy) is 1. The topological polar surface area (TPSA) is 112 Å². The molecule has 36 heavy (non-hydrogen) atoms. The number of nitrogens with zero attached hydrogens (tertiary/aromatic N) is 2. The van der Waals surface area contributed by atoms with Gasteiger partial charge in [0.25, 0.3) is 0 Å². The Labute approximate surface area is 217 Å². The third-order valence-corrected chi connectivity index (χ3v) is 8.03. The molecule has 2 atom stereocenters. The van der Waals surface area contributed by atoms with Crippen LogP contribution < -0.4 is 10.4 Å². The molecule has 8 nitrogen and oxygen atoms in total. The molecule has 1 aliphatic rings. The van der Waals surface area contributed by atoms with Gasteiger partial charge in [-0.15, -0.1) is 11.3 Å². The molecule has 0 aliphatic heterocycles. The minimum Gasteiger partial charge on any atom is -0.459 e. The first-order chi connectivity index (χ1) is 17.2. The standard InChI is InChI=1S/C27H39N3O5S/c1-5-18-9-12-22(32)20-11-10-19(16-21(18)20)30(26(34)27(3,4)6-2)29-13-7-8-24-28-17-23(36-24)25(33)35-15-14-31/h10-11,16-18,22,29,31-32H,5-9,12-15H2,1-4H3. The van der Waals surface area contributed by atoms with E-state index in [2.05, 4.69) is 23.4 Å². The third-order valence-electron chi connectivity index (χ3n) is 6.99. The molecule has 0 radical (unpaired) electrons. The average Bonchev–Trinajstić information content (AvgIpc) is 3.36. The number of thiazole rings is 1. The molecule has 1 heterocycles. The summed E-state index contributed by atoms with van der Waals surface area (Å²) in [5, 5.41) is 21.8. The van der Waals surface area contributed by atoms with Gasteiger partial charge >= 0.3 is 5.97 Å². The molecular weight excluding hydrogens is 478 g/mol. The van der Waals surface area contributed by atoms with Crippen LogP contribution in [0.15, 0.2) is 24.4 Å². The maximum atomic E-state index is 13.5. The van der Waals surface area contributed by atoms with Gasteiger partial charge in [0.15, 0.2) is 0 Å². The number of hydrogen-bond donors (Lipinski definition) is 3. The molecule has 0 bridgehead atoms. The number of hydrogen-bond acceptors (Lipinski definition) is 8. The maximum absolute atomic E-state index is 13.5. The molecule has 0 saturated carbocycles. The number of fused-ring (bicyclic) bond motifs is 1. The number of nitrogens with one attached hydrogen (secondary N) is 1. The van der Waals surface area contributed by atoms with E-state index in [1.54, 1.807) is 5.01 Å². The van der Waals surface area contributed by atoms with Crippen molar-refractivity contribution in [3.8, 4) is 0 Å². The number of aryl methyl sites for hydroxylation is 1. The van der Waals surface area contributed by atoms with E-state index in [0.29, 0.717) is 30.2 Å². The predicted octanol–water partition coefficient (Wildman–Crippen LogP) is 4.52. The van der Waals surface area contributed by atoms with Crippen LogP contribution in [0.4, 0.5) is 5.69 Å². The molecule has 1 aliphatic carbocycles. The van der Waals surface area contributed by atoms with Gasteiger partial charge in [0.05, 0.1) is 29.6 Å².